The number of carbonyl (C=O) groups is 1. The highest BCUT2D eigenvalue weighted by Gasteiger charge is 2.17. The molecule has 1 atom stereocenters. The standard InChI is InChI=1S/C16H15F2NO2/c17-12-7-4-8-13(18)15(12)16(21)19-10-9-14(20)11-5-2-1-3-6-11/h1-8,14,20H,9-10H2,(H,19,21). The van der Waals surface area contributed by atoms with Gasteiger partial charge in [-0.15, -0.1) is 0 Å². The lowest BCUT2D eigenvalue weighted by molar-refractivity contribution is 0.0934. The number of hydrogen-bond acceptors (Lipinski definition) is 2. The second-order valence-corrected chi connectivity index (χ2v) is 4.57. The largest absolute Gasteiger partial charge is 0.388 e. The van der Waals surface area contributed by atoms with Crippen LogP contribution in [0.5, 0.6) is 0 Å². The van der Waals surface area contributed by atoms with Crippen molar-refractivity contribution in [2.24, 2.45) is 0 Å². The van der Waals surface area contributed by atoms with Gasteiger partial charge in [-0.25, -0.2) is 8.78 Å². The highest BCUT2D eigenvalue weighted by Crippen LogP contribution is 2.15. The van der Waals surface area contributed by atoms with Gasteiger partial charge in [-0.1, -0.05) is 36.4 Å². The first-order chi connectivity index (χ1) is 10.1. The van der Waals surface area contributed by atoms with Gasteiger partial charge in [0.1, 0.15) is 17.2 Å². The van der Waals surface area contributed by atoms with E-state index in [2.05, 4.69) is 5.32 Å². The van der Waals surface area contributed by atoms with Crippen molar-refractivity contribution in [3.05, 3.63) is 71.3 Å². The molecule has 2 rings (SSSR count). The topological polar surface area (TPSA) is 49.3 Å². The molecule has 21 heavy (non-hydrogen) atoms. The smallest absolute Gasteiger partial charge is 0.257 e. The fraction of sp³-hybridized carbons (Fsp3) is 0.188. The van der Waals surface area contributed by atoms with Crippen molar-refractivity contribution in [2.45, 2.75) is 12.5 Å². The molecular formula is C16H15F2NO2. The van der Waals surface area contributed by atoms with Crippen molar-refractivity contribution in [3.63, 3.8) is 0 Å². The maximum Gasteiger partial charge on any atom is 0.257 e. The van der Waals surface area contributed by atoms with E-state index in [1.165, 1.54) is 6.07 Å². The molecule has 110 valence electrons. The minimum atomic E-state index is -0.906. The van der Waals surface area contributed by atoms with Crippen molar-refractivity contribution in [1.29, 1.82) is 0 Å². The molecule has 0 fully saturated rings. The Labute approximate surface area is 121 Å². The lowest BCUT2D eigenvalue weighted by atomic mass is 10.1. The van der Waals surface area contributed by atoms with Crippen LogP contribution in [0.1, 0.15) is 28.4 Å². The zero-order chi connectivity index (χ0) is 15.2. The van der Waals surface area contributed by atoms with Gasteiger partial charge in [-0.05, 0) is 24.1 Å². The van der Waals surface area contributed by atoms with Crippen LogP contribution in [0.3, 0.4) is 0 Å². The van der Waals surface area contributed by atoms with Crippen molar-refractivity contribution in [2.75, 3.05) is 6.54 Å². The van der Waals surface area contributed by atoms with E-state index in [1.54, 1.807) is 24.3 Å². The van der Waals surface area contributed by atoms with E-state index in [1.807, 2.05) is 6.07 Å². The number of aliphatic hydroxyl groups is 1. The second kappa shape index (κ2) is 6.95. The van der Waals surface area contributed by atoms with Gasteiger partial charge in [0.05, 0.1) is 6.10 Å². The highest BCUT2D eigenvalue weighted by atomic mass is 19.1. The molecule has 0 aliphatic rings. The summed E-state index contributed by atoms with van der Waals surface area (Å²) in [5, 5.41) is 12.3. The molecule has 0 aliphatic carbocycles. The molecule has 0 radical (unpaired) electrons. The lowest BCUT2D eigenvalue weighted by Crippen LogP contribution is -2.27. The number of halogens is 2. The highest BCUT2D eigenvalue weighted by molar-refractivity contribution is 5.94. The summed E-state index contributed by atoms with van der Waals surface area (Å²) in [7, 11) is 0. The van der Waals surface area contributed by atoms with Crippen LogP contribution in [0.25, 0.3) is 0 Å². The van der Waals surface area contributed by atoms with Gasteiger partial charge in [0, 0.05) is 6.54 Å². The van der Waals surface area contributed by atoms with E-state index in [4.69, 9.17) is 0 Å². The minimum Gasteiger partial charge on any atom is -0.388 e. The first-order valence-corrected chi connectivity index (χ1v) is 6.55. The lowest BCUT2D eigenvalue weighted by Gasteiger charge is -2.12. The van der Waals surface area contributed by atoms with Crippen LogP contribution < -0.4 is 5.32 Å². The zero-order valence-electron chi connectivity index (χ0n) is 11.2. The monoisotopic (exact) mass is 291 g/mol. The Kier molecular flexibility index (Phi) is 5.00. The Morgan fingerprint density at radius 2 is 1.67 bits per heavy atom. The van der Waals surface area contributed by atoms with Crippen LogP contribution in [0, 0.1) is 11.6 Å². The van der Waals surface area contributed by atoms with Gasteiger partial charge >= 0.3 is 0 Å². The Morgan fingerprint density at radius 3 is 2.29 bits per heavy atom. The molecule has 0 spiro atoms. The molecule has 0 saturated heterocycles. The van der Waals surface area contributed by atoms with Crippen molar-refractivity contribution >= 4 is 5.91 Å². The summed E-state index contributed by atoms with van der Waals surface area (Å²) in [4.78, 5) is 11.7. The van der Waals surface area contributed by atoms with Gasteiger partial charge in [0.15, 0.2) is 0 Å². The third-order valence-electron chi connectivity index (χ3n) is 3.08. The third-order valence-corrected chi connectivity index (χ3v) is 3.08. The molecule has 2 aromatic rings. The summed E-state index contributed by atoms with van der Waals surface area (Å²) in [6.45, 7) is 0.114. The molecule has 3 nitrogen and oxygen atoms in total. The van der Waals surface area contributed by atoms with Gasteiger partial charge in [-0.2, -0.15) is 0 Å². The molecule has 0 aliphatic heterocycles. The molecule has 0 aromatic heterocycles. The van der Waals surface area contributed by atoms with E-state index < -0.39 is 29.2 Å². The number of benzene rings is 2. The van der Waals surface area contributed by atoms with E-state index in [0.29, 0.717) is 0 Å². The molecule has 0 heterocycles. The summed E-state index contributed by atoms with van der Waals surface area (Å²) < 4.78 is 26.8. The predicted octanol–water partition coefficient (Wildman–Crippen LogP) is 2.82. The van der Waals surface area contributed by atoms with Crippen LogP contribution in [0.4, 0.5) is 8.78 Å². The van der Waals surface area contributed by atoms with E-state index in [9.17, 15) is 18.7 Å². The van der Waals surface area contributed by atoms with E-state index in [0.717, 1.165) is 17.7 Å². The molecule has 2 aromatic carbocycles. The average molecular weight is 291 g/mol. The second-order valence-electron chi connectivity index (χ2n) is 4.57. The Balaban J connectivity index is 1.90. The number of amides is 1. The molecule has 5 heteroatoms. The van der Waals surface area contributed by atoms with E-state index in [-0.39, 0.29) is 13.0 Å². The van der Waals surface area contributed by atoms with Crippen molar-refractivity contribution in [3.8, 4) is 0 Å². The van der Waals surface area contributed by atoms with Crippen LogP contribution in [0.15, 0.2) is 48.5 Å². The molecule has 0 saturated carbocycles. The molecule has 1 amide bonds. The number of carbonyl (C=O) groups excluding carboxylic acids is 1. The van der Waals surface area contributed by atoms with Crippen LogP contribution in [-0.2, 0) is 0 Å². The fourth-order valence-electron chi connectivity index (χ4n) is 1.97. The summed E-state index contributed by atoms with van der Waals surface area (Å²) in [5.41, 5.74) is 0.121. The maximum atomic E-state index is 13.4. The van der Waals surface area contributed by atoms with E-state index >= 15 is 0 Å². The number of aliphatic hydroxyl groups excluding tert-OH is 1. The molecule has 2 N–H and O–H groups in total. The number of hydrogen-bond donors (Lipinski definition) is 2. The quantitative estimate of drug-likeness (QED) is 0.890. The normalized spacial score (nSPS) is 12.0. The van der Waals surface area contributed by atoms with Gasteiger partial charge < -0.3 is 10.4 Å². The summed E-state index contributed by atoms with van der Waals surface area (Å²) in [5.74, 6) is -2.64. The Bertz CT molecular complexity index is 597. The van der Waals surface area contributed by atoms with Crippen LogP contribution in [0.2, 0.25) is 0 Å². The Hall–Kier alpha value is -2.27. The average Bonchev–Trinajstić information content (AvgIpc) is 2.48. The summed E-state index contributed by atoms with van der Waals surface area (Å²) in [6, 6.07) is 12.2. The number of nitrogens with one attached hydrogen (secondary N) is 1. The predicted molar refractivity (Wildman–Crippen MR) is 74.7 cm³/mol. The summed E-state index contributed by atoms with van der Waals surface area (Å²) >= 11 is 0. The Morgan fingerprint density at radius 1 is 1.05 bits per heavy atom. The third kappa shape index (κ3) is 3.86. The van der Waals surface area contributed by atoms with Crippen molar-refractivity contribution < 1.29 is 18.7 Å². The first kappa shape index (κ1) is 15.1. The molecular weight excluding hydrogens is 276 g/mol. The maximum absolute atomic E-state index is 13.4. The first-order valence-electron chi connectivity index (χ1n) is 6.55. The SMILES string of the molecule is O=C(NCCC(O)c1ccccc1)c1c(F)cccc1F. The zero-order valence-corrected chi connectivity index (χ0v) is 11.2. The molecule has 0 bridgehead atoms. The minimum absolute atomic E-state index is 0.114. The van der Waals surface area contributed by atoms with Crippen LogP contribution >= 0.6 is 0 Å². The molecule has 1 unspecified atom stereocenters. The van der Waals surface area contributed by atoms with Gasteiger partial charge in [0.25, 0.3) is 5.91 Å². The van der Waals surface area contributed by atoms with Gasteiger partial charge in [-0.3, -0.25) is 4.79 Å². The van der Waals surface area contributed by atoms with Crippen LogP contribution in [-0.4, -0.2) is 17.6 Å². The number of rotatable bonds is 5. The fourth-order valence-corrected chi connectivity index (χ4v) is 1.97. The van der Waals surface area contributed by atoms with Crippen molar-refractivity contribution in [1.82, 2.24) is 5.32 Å². The van der Waals surface area contributed by atoms with Gasteiger partial charge in [0.2, 0.25) is 0 Å². The summed E-state index contributed by atoms with van der Waals surface area (Å²) in [6.07, 6.45) is -0.483.